The number of allylic oxidation sites excluding steroid dienone is 1. The van der Waals surface area contributed by atoms with E-state index in [2.05, 4.69) is 16.8 Å². The van der Waals surface area contributed by atoms with Crippen molar-refractivity contribution in [2.24, 2.45) is 0 Å². The minimum atomic E-state index is -0.281. The minimum Gasteiger partial charge on any atom is -0.314 e. The van der Waals surface area contributed by atoms with Crippen LogP contribution in [-0.2, 0) is 0 Å². The average molecular weight is 356 g/mol. The number of nitrogens with one attached hydrogen (secondary N) is 1. The predicted octanol–water partition coefficient (Wildman–Crippen LogP) is 4.24. The molecule has 2 nitrogen and oxygen atoms in total. The molecule has 120 valence electrons. The summed E-state index contributed by atoms with van der Waals surface area (Å²) in [5.41, 5.74) is 0.705. The highest BCUT2D eigenvalue weighted by atomic mass is 35.5. The van der Waals surface area contributed by atoms with Crippen LogP contribution in [0.3, 0.4) is 0 Å². The molecule has 0 bridgehead atoms. The summed E-state index contributed by atoms with van der Waals surface area (Å²) in [5.74, 6) is -0.281. The molecule has 1 fully saturated rings. The van der Waals surface area contributed by atoms with Gasteiger partial charge in [-0.25, -0.2) is 4.39 Å². The summed E-state index contributed by atoms with van der Waals surface area (Å²) in [6.07, 6.45) is 3.64. The number of hydrogen-bond acceptors (Lipinski definition) is 2. The Balaban J connectivity index is 0.00000200. The fourth-order valence-corrected chi connectivity index (χ4v) is 2.76. The van der Waals surface area contributed by atoms with Crippen LogP contribution in [0, 0.1) is 5.82 Å². The zero-order chi connectivity index (χ0) is 13.7. The second-order valence-corrected chi connectivity index (χ2v) is 5.22. The Bertz CT molecular complexity index is 437. The van der Waals surface area contributed by atoms with Crippen LogP contribution in [0.15, 0.2) is 30.9 Å². The molecule has 1 aromatic rings. The number of rotatable bonds is 5. The first-order valence-corrected chi connectivity index (χ1v) is 7.11. The van der Waals surface area contributed by atoms with Gasteiger partial charge in [0.25, 0.3) is 0 Å². The molecule has 21 heavy (non-hydrogen) atoms. The third-order valence-corrected chi connectivity index (χ3v) is 3.87. The summed E-state index contributed by atoms with van der Waals surface area (Å²) in [7, 11) is 0. The van der Waals surface area contributed by atoms with Gasteiger partial charge in [-0.05, 0) is 18.9 Å². The molecule has 0 aliphatic carbocycles. The zero-order valence-electron chi connectivity index (χ0n) is 11.9. The Hall–Kier alpha value is -0.320. The van der Waals surface area contributed by atoms with E-state index in [-0.39, 0.29) is 41.7 Å². The van der Waals surface area contributed by atoms with E-state index >= 15 is 0 Å². The van der Waals surface area contributed by atoms with Gasteiger partial charge in [0.1, 0.15) is 5.82 Å². The number of hydrogen-bond donors (Lipinski definition) is 1. The van der Waals surface area contributed by atoms with E-state index in [9.17, 15) is 4.39 Å². The molecular formula is C15H22Cl3FN2. The van der Waals surface area contributed by atoms with Crippen molar-refractivity contribution in [2.45, 2.75) is 18.9 Å². The maximum Gasteiger partial charge on any atom is 0.146 e. The summed E-state index contributed by atoms with van der Waals surface area (Å²) in [6.45, 7) is 7.54. The molecule has 1 aliphatic heterocycles. The lowest BCUT2D eigenvalue weighted by atomic mass is 9.99. The van der Waals surface area contributed by atoms with Crippen LogP contribution in [-0.4, -0.2) is 31.1 Å². The molecule has 2 rings (SSSR count). The lowest BCUT2D eigenvalue weighted by Crippen LogP contribution is -2.45. The topological polar surface area (TPSA) is 15.3 Å². The van der Waals surface area contributed by atoms with Crippen LogP contribution >= 0.6 is 36.4 Å². The van der Waals surface area contributed by atoms with Crippen LogP contribution < -0.4 is 5.32 Å². The maximum atomic E-state index is 14.2. The summed E-state index contributed by atoms with van der Waals surface area (Å²) >= 11 is 5.90. The van der Waals surface area contributed by atoms with E-state index in [0.29, 0.717) is 5.56 Å². The zero-order valence-corrected chi connectivity index (χ0v) is 14.2. The molecular weight excluding hydrogens is 334 g/mol. The van der Waals surface area contributed by atoms with Crippen molar-refractivity contribution < 1.29 is 4.39 Å². The van der Waals surface area contributed by atoms with Crippen molar-refractivity contribution in [3.63, 3.8) is 0 Å². The van der Waals surface area contributed by atoms with Crippen molar-refractivity contribution in [1.82, 2.24) is 10.2 Å². The molecule has 0 saturated carbocycles. The van der Waals surface area contributed by atoms with E-state index < -0.39 is 0 Å². The fraction of sp³-hybridized carbons (Fsp3) is 0.467. The second-order valence-electron chi connectivity index (χ2n) is 4.81. The van der Waals surface area contributed by atoms with Gasteiger partial charge in [0.15, 0.2) is 0 Å². The number of piperazine rings is 1. The summed E-state index contributed by atoms with van der Waals surface area (Å²) in [6, 6.07) is 5.35. The van der Waals surface area contributed by atoms with Gasteiger partial charge in [-0.1, -0.05) is 29.8 Å². The lowest BCUT2D eigenvalue weighted by Gasteiger charge is -2.35. The lowest BCUT2D eigenvalue weighted by molar-refractivity contribution is 0.163. The molecule has 0 unspecified atom stereocenters. The molecule has 1 aromatic carbocycles. The molecule has 1 heterocycles. The Labute approximate surface area is 143 Å². The van der Waals surface area contributed by atoms with Gasteiger partial charge in [0.2, 0.25) is 0 Å². The average Bonchev–Trinajstić information content (AvgIpc) is 2.45. The van der Waals surface area contributed by atoms with Gasteiger partial charge in [0, 0.05) is 37.8 Å². The second kappa shape index (κ2) is 10.4. The van der Waals surface area contributed by atoms with E-state index in [0.717, 1.165) is 39.0 Å². The van der Waals surface area contributed by atoms with Crippen LogP contribution in [0.5, 0.6) is 0 Å². The van der Waals surface area contributed by atoms with Gasteiger partial charge in [-0.2, -0.15) is 0 Å². The highest BCUT2D eigenvalue weighted by molar-refractivity contribution is 6.30. The molecule has 0 radical (unpaired) electrons. The van der Waals surface area contributed by atoms with Crippen molar-refractivity contribution in [1.29, 1.82) is 0 Å². The van der Waals surface area contributed by atoms with Crippen LogP contribution in [0.25, 0.3) is 0 Å². The molecule has 0 spiro atoms. The molecule has 1 N–H and O–H groups in total. The van der Waals surface area contributed by atoms with Crippen molar-refractivity contribution in [3.05, 3.63) is 47.3 Å². The van der Waals surface area contributed by atoms with E-state index in [1.54, 1.807) is 6.07 Å². The molecule has 1 atom stereocenters. The molecule has 0 amide bonds. The molecule has 0 aromatic heterocycles. The van der Waals surface area contributed by atoms with E-state index in [1.807, 2.05) is 18.2 Å². The largest absolute Gasteiger partial charge is 0.314 e. The Morgan fingerprint density at radius 1 is 1.33 bits per heavy atom. The number of benzene rings is 1. The van der Waals surface area contributed by atoms with Gasteiger partial charge in [-0.3, -0.25) is 4.90 Å². The van der Waals surface area contributed by atoms with E-state index in [1.165, 1.54) is 0 Å². The van der Waals surface area contributed by atoms with Gasteiger partial charge >= 0.3 is 0 Å². The normalized spacial score (nSPS) is 16.5. The minimum absolute atomic E-state index is 0. The SMILES string of the molecule is C=CCC[C@H](c1cccc(Cl)c1F)N1CCNCC1.Cl.Cl. The standard InChI is InChI=1S/C15H20ClFN2.2ClH/c1-2-3-7-14(19-10-8-18-9-11-19)12-5-4-6-13(16)15(12)17;;/h2,4-6,14,18H,1,3,7-11H2;2*1H/t14-;;/m1../s1. The Morgan fingerprint density at radius 2 is 2.00 bits per heavy atom. The fourth-order valence-electron chi connectivity index (χ4n) is 2.58. The highest BCUT2D eigenvalue weighted by Gasteiger charge is 2.24. The van der Waals surface area contributed by atoms with Crippen LogP contribution in [0.2, 0.25) is 5.02 Å². The number of nitrogens with zero attached hydrogens (tertiary/aromatic N) is 1. The smallest absolute Gasteiger partial charge is 0.146 e. The Kier molecular flexibility index (Phi) is 10.3. The van der Waals surface area contributed by atoms with Gasteiger partial charge in [-0.15, -0.1) is 31.4 Å². The van der Waals surface area contributed by atoms with Crippen LogP contribution in [0.1, 0.15) is 24.4 Å². The summed E-state index contributed by atoms with van der Waals surface area (Å²) in [4.78, 5) is 2.33. The van der Waals surface area contributed by atoms with Gasteiger partial charge < -0.3 is 5.32 Å². The summed E-state index contributed by atoms with van der Waals surface area (Å²) in [5, 5.41) is 3.53. The van der Waals surface area contributed by atoms with Crippen molar-refractivity contribution in [2.75, 3.05) is 26.2 Å². The highest BCUT2D eigenvalue weighted by Crippen LogP contribution is 2.31. The molecule has 1 saturated heterocycles. The first-order chi connectivity index (χ1) is 9.24. The molecule has 6 heteroatoms. The first-order valence-electron chi connectivity index (χ1n) is 6.73. The van der Waals surface area contributed by atoms with Gasteiger partial charge in [0.05, 0.1) is 5.02 Å². The van der Waals surface area contributed by atoms with E-state index in [4.69, 9.17) is 11.6 Å². The van der Waals surface area contributed by atoms with Crippen molar-refractivity contribution >= 4 is 36.4 Å². The van der Waals surface area contributed by atoms with Crippen LogP contribution in [0.4, 0.5) is 4.39 Å². The van der Waals surface area contributed by atoms with Crippen molar-refractivity contribution in [3.8, 4) is 0 Å². The third-order valence-electron chi connectivity index (χ3n) is 3.58. The maximum absolute atomic E-state index is 14.2. The molecule has 1 aliphatic rings. The number of halogens is 4. The first kappa shape index (κ1) is 20.7. The monoisotopic (exact) mass is 354 g/mol. The summed E-state index contributed by atoms with van der Waals surface area (Å²) < 4.78 is 14.2. The predicted molar refractivity (Wildman–Crippen MR) is 92.5 cm³/mol. The quantitative estimate of drug-likeness (QED) is 0.795. The third kappa shape index (κ3) is 5.42. The Morgan fingerprint density at radius 3 is 2.62 bits per heavy atom.